The first-order chi connectivity index (χ1) is 38.9. The highest BCUT2D eigenvalue weighted by atomic mass is 32.2. The van der Waals surface area contributed by atoms with E-state index in [1.165, 1.54) is 43.5 Å². The van der Waals surface area contributed by atoms with Crippen molar-refractivity contribution in [3.8, 4) is 40.2 Å². The van der Waals surface area contributed by atoms with Crippen LogP contribution in [-0.2, 0) is 50.2 Å². The molecule has 3 N–H and O–H groups in total. The maximum Gasteiger partial charge on any atom is 0.284 e. The number of nitrogens with zero attached hydrogens (tertiary/aromatic N) is 3. The van der Waals surface area contributed by atoms with Gasteiger partial charge in [0.1, 0.15) is 5.75 Å². The van der Waals surface area contributed by atoms with Gasteiger partial charge >= 0.3 is 0 Å². The van der Waals surface area contributed by atoms with E-state index in [9.17, 15) is 39.6 Å². The Bertz CT molecular complexity index is 4040. The highest BCUT2D eigenvalue weighted by Gasteiger charge is 2.30. The lowest BCUT2D eigenvalue weighted by atomic mass is 10.2. The first-order valence-electron chi connectivity index (χ1n) is 23.5. The van der Waals surface area contributed by atoms with E-state index in [1.54, 1.807) is 115 Å². The molecule has 0 saturated carbocycles. The van der Waals surface area contributed by atoms with Crippen molar-refractivity contribution >= 4 is 117 Å². The highest BCUT2D eigenvalue weighted by molar-refractivity contribution is 8.20. The van der Waals surface area contributed by atoms with Gasteiger partial charge in [0, 0.05) is 0 Å². The van der Waals surface area contributed by atoms with E-state index in [0.717, 1.165) is 52.0 Å². The number of benzene rings is 6. The van der Waals surface area contributed by atoms with E-state index < -0.39 is 47.8 Å². The van der Waals surface area contributed by atoms with Crippen LogP contribution in [0.4, 0.5) is 0 Å². The molecule has 0 bridgehead atoms. The second kappa shape index (κ2) is 24.0. The fourth-order valence-corrected chi connectivity index (χ4v) is 13.6. The molecule has 414 valence electrons. The molecule has 0 aliphatic carbocycles. The molecule has 0 radical (unpaired) electrons. The molecule has 3 fully saturated rings. The number of hydrogen-bond acceptors (Lipinski definition) is 19. The lowest BCUT2D eigenvalue weighted by molar-refractivity contribution is -0.116. The van der Waals surface area contributed by atoms with Crippen molar-refractivity contribution in [2.45, 2.75) is 15.5 Å². The van der Waals surface area contributed by atoms with Gasteiger partial charge in [-0.25, -0.2) is 8.42 Å². The van der Waals surface area contributed by atoms with Crippen molar-refractivity contribution in [2.75, 3.05) is 27.5 Å². The molecule has 3 amide bonds. The number of fused-ring (bicyclic) bond motifs is 3. The van der Waals surface area contributed by atoms with Gasteiger partial charge in [-0.05, 0) is 149 Å². The predicted octanol–water partition coefficient (Wildman–Crippen LogP) is 7.24. The fourth-order valence-electron chi connectivity index (χ4n) is 7.48. The zero-order chi connectivity index (χ0) is 56.7. The molecule has 22 nitrogen and oxygen atoms in total. The molecule has 0 unspecified atom stereocenters. The number of sulfonamides is 3. The van der Waals surface area contributed by atoms with Crippen LogP contribution in [0.2, 0.25) is 0 Å². The van der Waals surface area contributed by atoms with E-state index in [-0.39, 0.29) is 51.4 Å². The van der Waals surface area contributed by atoms with Crippen LogP contribution in [0.5, 0.6) is 40.2 Å². The number of thioether (sulfide) groups is 3. The summed E-state index contributed by atoms with van der Waals surface area (Å²) in [6, 6.07) is 38.3. The SMILES string of the molecule is COc1ccc(S(=O)(=O)N=C2NC(=O)/C(=C/c3ccc4c(c3)OCO4)S2)cc1.O=C1NC(=NS(=O)(=O)Cc2ccccc2)S/C1=C\c1ccc2c(c1)OCO2.O=C1NC(=NS(=O)(=O)c2ccccc2)S/C1=C\c1ccc2c(c1)OCO2. The standard InChI is InChI=1S/C18H14N2O6S2.C18H14N2O5S2.C17H12N2O5S2/c1-24-12-3-5-13(6-4-12)28(22,23)20-18-19-17(21)16(27-18)9-11-2-7-14-15(8-11)26-10-25-14;21-17-16(9-13-6-7-14-15(8-13)25-11-24-14)26-18(19-17)20-27(22,23)10-12-4-2-1-3-5-12;20-16-15(9-11-6-7-13-14(8-11)24-10-23-13)25-17(18-16)19-26(21,22)12-4-2-1-3-5-12/h2-9H,10H2,1H3,(H,19,20,21);1-9H,10-11H2,(H,19,20,21);1-9H,10H2,(H,18,19,20)/b2*16-9-;15-9-. The van der Waals surface area contributed by atoms with Crippen molar-refractivity contribution in [3.63, 3.8) is 0 Å². The summed E-state index contributed by atoms with van der Waals surface area (Å²) in [6.45, 7) is 0.490. The topological polar surface area (TPSA) is 291 Å². The zero-order valence-corrected chi connectivity index (χ0v) is 46.6. The number of hydrogen-bond donors (Lipinski definition) is 3. The second-order valence-corrected chi connectivity index (χ2v) is 24.8. The molecule has 28 heteroatoms. The van der Waals surface area contributed by atoms with E-state index in [1.807, 2.05) is 6.07 Å². The maximum absolute atomic E-state index is 12.4. The molecule has 6 aromatic carbocycles. The van der Waals surface area contributed by atoms with Crippen LogP contribution < -0.4 is 49.1 Å². The molecule has 0 aromatic heterocycles. The van der Waals surface area contributed by atoms with Crippen molar-refractivity contribution in [2.24, 2.45) is 13.2 Å². The highest BCUT2D eigenvalue weighted by Crippen LogP contribution is 2.38. The molecule has 0 atom stereocenters. The van der Waals surface area contributed by atoms with Gasteiger partial charge in [0.25, 0.3) is 47.8 Å². The average Bonchev–Trinajstić information content (AvgIpc) is 4.48. The number of amides is 3. The molecule has 6 aliphatic rings. The number of rotatable bonds is 11. The first kappa shape index (κ1) is 55.8. The Labute approximate surface area is 475 Å². The summed E-state index contributed by atoms with van der Waals surface area (Å²) >= 11 is 2.90. The van der Waals surface area contributed by atoms with Crippen molar-refractivity contribution in [3.05, 3.63) is 176 Å². The summed E-state index contributed by atoms with van der Waals surface area (Å²) in [5.74, 6) is 2.80. The number of carbonyl (C=O) groups excluding carboxylic acids is 3. The number of ether oxygens (including phenoxy) is 7. The number of amidine groups is 3. The Morgan fingerprint density at radius 3 is 1.21 bits per heavy atom. The minimum absolute atomic E-state index is 0.00356. The van der Waals surface area contributed by atoms with Gasteiger partial charge in [-0.2, -0.15) is 16.8 Å². The normalized spacial score (nSPS) is 18.9. The van der Waals surface area contributed by atoms with Crippen molar-refractivity contribution < 1.29 is 72.8 Å². The summed E-state index contributed by atoms with van der Waals surface area (Å²) < 4.78 is 122. The number of carbonyl (C=O) groups is 3. The van der Waals surface area contributed by atoms with Crippen molar-refractivity contribution in [1.29, 1.82) is 0 Å². The minimum Gasteiger partial charge on any atom is -0.497 e. The second-order valence-electron chi connectivity index (χ2n) is 16.9. The van der Waals surface area contributed by atoms with Gasteiger partial charge in [0.2, 0.25) is 20.4 Å². The predicted molar refractivity (Wildman–Crippen MR) is 304 cm³/mol. The summed E-state index contributed by atoms with van der Waals surface area (Å²) in [4.78, 5) is 37.5. The smallest absolute Gasteiger partial charge is 0.284 e. The quantitative estimate of drug-likeness (QED) is 0.108. The monoisotopic (exact) mass is 1210 g/mol. The fraction of sp³-hybridized carbons (Fsp3) is 0.0943. The number of methoxy groups -OCH3 is 1. The largest absolute Gasteiger partial charge is 0.497 e. The zero-order valence-electron chi connectivity index (χ0n) is 41.7. The van der Waals surface area contributed by atoms with Crippen LogP contribution >= 0.6 is 35.3 Å². The summed E-state index contributed by atoms with van der Waals surface area (Å²) in [5.41, 5.74) is 2.83. The molecular weight excluding hydrogens is 1170 g/mol. The van der Waals surface area contributed by atoms with Gasteiger partial charge in [-0.1, -0.05) is 66.7 Å². The van der Waals surface area contributed by atoms with E-state index in [2.05, 4.69) is 29.1 Å². The van der Waals surface area contributed by atoms with Gasteiger partial charge in [0.05, 0.1) is 37.4 Å². The Kier molecular flexibility index (Phi) is 16.6. The summed E-state index contributed by atoms with van der Waals surface area (Å²) in [6.07, 6.45) is 4.92. The molecule has 0 spiro atoms. The molecule has 81 heavy (non-hydrogen) atoms. The van der Waals surface area contributed by atoms with E-state index in [0.29, 0.717) is 60.5 Å². The molecule has 12 rings (SSSR count). The maximum atomic E-state index is 12.4. The molecule has 6 aromatic rings. The third-order valence-electron chi connectivity index (χ3n) is 11.3. The van der Waals surface area contributed by atoms with Crippen LogP contribution in [0, 0.1) is 0 Å². The van der Waals surface area contributed by atoms with Crippen LogP contribution in [0.15, 0.2) is 177 Å². The van der Waals surface area contributed by atoms with E-state index in [4.69, 9.17) is 33.2 Å². The Hall–Kier alpha value is -8.54. The number of nitrogens with one attached hydrogen (secondary N) is 3. The lowest BCUT2D eigenvalue weighted by Crippen LogP contribution is -2.21. The van der Waals surface area contributed by atoms with Gasteiger partial charge in [0.15, 0.2) is 50.0 Å². The Morgan fingerprint density at radius 2 is 0.815 bits per heavy atom. The average molecular weight is 1210 g/mol. The van der Waals surface area contributed by atoms with E-state index >= 15 is 0 Å². The van der Waals surface area contributed by atoms with Gasteiger partial charge in [-0.15, -0.1) is 13.2 Å². The van der Waals surface area contributed by atoms with Crippen LogP contribution in [0.3, 0.4) is 0 Å². The summed E-state index contributed by atoms with van der Waals surface area (Å²) in [5, 5.41) is 7.49. The third-order valence-corrected chi connectivity index (χ3v) is 18.1. The van der Waals surface area contributed by atoms with Crippen LogP contribution in [-0.4, -0.2) is 86.0 Å². The molecule has 6 heterocycles. The molecule has 3 saturated heterocycles. The van der Waals surface area contributed by atoms with Crippen LogP contribution in [0.1, 0.15) is 22.3 Å². The molecule has 6 aliphatic heterocycles. The third kappa shape index (κ3) is 14.1. The van der Waals surface area contributed by atoms with Gasteiger partial charge < -0.3 is 33.2 Å². The minimum atomic E-state index is -3.96. The Morgan fingerprint density at radius 1 is 0.457 bits per heavy atom. The summed E-state index contributed by atoms with van der Waals surface area (Å²) in [7, 11) is -10.1. The Balaban J connectivity index is 0.000000136. The molecular formula is C53H40N6O16S6. The first-order valence-corrected chi connectivity index (χ1v) is 30.5. The lowest BCUT2D eigenvalue weighted by Gasteiger charge is -2.02. The van der Waals surface area contributed by atoms with Gasteiger partial charge in [-0.3, -0.25) is 30.3 Å². The van der Waals surface area contributed by atoms with Crippen LogP contribution in [0.25, 0.3) is 18.2 Å². The van der Waals surface area contributed by atoms with Crippen molar-refractivity contribution in [1.82, 2.24) is 16.0 Å².